The summed E-state index contributed by atoms with van der Waals surface area (Å²) in [6.45, 7) is 1.63. The molecule has 3 amide bonds. The molecule has 4 aromatic carbocycles. The number of ether oxygens (including phenoxy) is 3. The number of imide groups is 1. The van der Waals surface area contributed by atoms with Crippen molar-refractivity contribution in [2.75, 3.05) is 31.0 Å². The van der Waals surface area contributed by atoms with Crippen molar-refractivity contribution in [3.05, 3.63) is 111 Å². The molecule has 1 fully saturated rings. The molecule has 0 aliphatic carbocycles. The third kappa shape index (κ3) is 5.81. The molecule has 50 heavy (non-hydrogen) atoms. The first kappa shape index (κ1) is 33.1. The Labute approximate surface area is 294 Å². The minimum absolute atomic E-state index is 0.210. The molecule has 0 bridgehead atoms. The number of carbonyl (C=O) groups is 4. The van der Waals surface area contributed by atoms with Crippen LogP contribution in [0.15, 0.2) is 94.7 Å². The lowest BCUT2D eigenvalue weighted by atomic mass is 9.83. The third-order valence-electron chi connectivity index (χ3n) is 8.79. The van der Waals surface area contributed by atoms with Crippen LogP contribution >= 0.6 is 23.1 Å². The van der Waals surface area contributed by atoms with Gasteiger partial charge in [0.05, 0.1) is 43.0 Å². The largest absolute Gasteiger partial charge is 0.493 e. The SMILES string of the molecule is CCOC(=O)c1ccc(N2C(=O)[C@H]3[C@H](c4ccc(OC)c(OC)c4)c4sc(=O)n(CC(=O)Nc5ccc6ccccc6c5)c4S[C@H]3C2=O)cc1. The molecule has 7 rings (SSSR count). The number of amides is 3. The van der Waals surface area contributed by atoms with Gasteiger partial charge in [-0.3, -0.25) is 23.7 Å². The summed E-state index contributed by atoms with van der Waals surface area (Å²) in [5.41, 5.74) is 1.83. The molecule has 1 saturated heterocycles. The van der Waals surface area contributed by atoms with Gasteiger partial charge in [0.1, 0.15) is 11.8 Å². The van der Waals surface area contributed by atoms with Crippen molar-refractivity contribution < 1.29 is 33.4 Å². The lowest BCUT2D eigenvalue weighted by Crippen LogP contribution is -2.33. The highest BCUT2D eigenvalue weighted by Gasteiger charge is 2.57. The molecule has 0 radical (unpaired) electrons. The molecular weight excluding hydrogens is 679 g/mol. The molecule has 2 aliphatic heterocycles. The van der Waals surface area contributed by atoms with Crippen molar-refractivity contribution >= 4 is 68.9 Å². The van der Waals surface area contributed by atoms with Gasteiger partial charge in [0.25, 0.3) is 0 Å². The first-order valence-corrected chi connectivity index (χ1v) is 17.5. The molecule has 3 atom stereocenters. The summed E-state index contributed by atoms with van der Waals surface area (Å²) in [4.78, 5) is 69.0. The van der Waals surface area contributed by atoms with Gasteiger partial charge in [-0.05, 0) is 71.8 Å². The molecule has 11 nitrogen and oxygen atoms in total. The van der Waals surface area contributed by atoms with Crippen molar-refractivity contribution in [3.63, 3.8) is 0 Å². The van der Waals surface area contributed by atoms with E-state index in [0.717, 1.165) is 38.8 Å². The molecule has 0 spiro atoms. The van der Waals surface area contributed by atoms with E-state index in [-0.39, 0.29) is 23.6 Å². The number of rotatable bonds is 9. The number of anilines is 2. The average Bonchev–Trinajstić information content (AvgIpc) is 3.57. The highest BCUT2D eigenvalue weighted by Crippen LogP contribution is 2.54. The van der Waals surface area contributed by atoms with E-state index >= 15 is 0 Å². The maximum absolute atomic E-state index is 14.3. The summed E-state index contributed by atoms with van der Waals surface area (Å²) < 4.78 is 17.5. The van der Waals surface area contributed by atoms with Crippen molar-refractivity contribution in [1.82, 2.24) is 4.57 Å². The second kappa shape index (κ2) is 13.5. The van der Waals surface area contributed by atoms with Crippen molar-refractivity contribution in [2.45, 2.75) is 29.7 Å². The van der Waals surface area contributed by atoms with Crippen LogP contribution in [0.4, 0.5) is 11.4 Å². The van der Waals surface area contributed by atoms with Crippen LogP contribution in [0.25, 0.3) is 10.8 Å². The number of carbonyl (C=O) groups excluding carboxylic acids is 4. The van der Waals surface area contributed by atoms with E-state index in [0.29, 0.717) is 38.3 Å². The fourth-order valence-electron chi connectivity index (χ4n) is 6.49. The number of thiazole rings is 1. The van der Waals surface area contributed by atoms with E-state index in [1.54, 1.807) is 31.2 Å². The Balaban J connectivity index is 1.26. The Hall–Kier alpha value is -5.40. The second-order valence-electron chi connectivity index (χ2n) is 11.7. The number of hydrogen-bond donors (Lipinski definition) is 1. The Kier molecular flexibility index (Phi) is 8.93. The third-order valence-corrected chi connectivity index (χ3v) is 11.4. The van der Waals surface area contributed by atoms with Gasteiger partial charge in [-0.1, -0.05) is 59.5 Å². The zero-order valence-corrected chi connectivity index (χ0v) is 28.8. The molecule has 5 aromatic rings. The van der Waals surface area contributed by atoms with Crippen LogP contribution in [0.3, 0.4) is 0 Å². The van der Waals surface area contributed by atoms with Crippen LogP contribution in [0.1, 0.15) is 33.6 Å². The quantitative estimate of drug-likeness (QED) is 0.151. The lowest BCUT2D eigenvalue weighted by molar-refractivity contribution is -0.122. The van der Waals surface area contributed by atoms with E-state index in [1.807, 2.05) is 36.4 Å². The lowest BCUT2D eigenvalue weighted by Gasteiger charge is -2.31. The standard InChI is InChI=1S/C37H31N3O8S2/c1-4-48-36(44)21-10-14-25(15-11-21)40-33(42)30-29(23-12-16-26(46-2)27(18-23)47-3)32-35(49-31(30)34(40)43)39(37(45)50-32)19-28(41)38-24-13-9-20-7-5-6-8-22(20)17-24/h5-18,29-31H,4,19H2,1-3H3,(H,38,41)/t29-,30-,31+/m0/s1. The van der Waals surface area contributed by atoms with Gasteiger partial charge < -0.3 is 19.5 Å². The fourth-order valence-corrected chi connectivity index (χ4v) is 9.26. The minimum atomic E-state index is -0.901. The Morgan fingerprint density at radius 3 is 2.30 bits per heavy atom. The van der Waals surface area contributed by atoms with Crippen LogP contribution in [0.5, 0.6) is 11.5 Å². The van der Waals surface area contributed by atoms with Crippen molar-refractivity contribution in [3.8, 4) is 11.5 Å². The van der Waals surface area contributed by atoms with Gasteiger partial charge in [-0.25, -0.2) is 9.69 Å². The fraction of sp³-hybridized carbons (Fsp3) is 0.216. The number of nitrogens with one attached hydrogen (secondary N) is 1. The number of fused-ring (bicyclic) bond motifs is 3. The van der Waals surface area contributed by atoms with Crippen LogP contribution in [-0.4, -0.2) is 54.3 Å². The summed E-state index contributed by atoms with van der Waals surface area (Å²) in [5.74, 6) is -2.51. The minimum Gasteiger partial charge on any atom is -0.493 e. The average molecular weight is 710 g/mol. The van der Waals surface area contributed by atoms with Crippen LogP contribution in [0, 0.1) is 5.92 Å². The Morgan fingerprint density at radius 2 is 1.58 bits per heavy atom. The zero-order chi connectivity index (χ0) is 35.1. The van der Waals surface area contributed by atoms with Gasteiger partial charge in [-0.15, -0.1) is 0 Å². The monoisotopic (exact) mass is 709 g/mol. The summed E-state index contributed by atoms with van der Waals surface area (Å²) in [6.07, 6.45) is 0. The maximum atomic E-state index is 14.3. The number of methoxy groups -OCH3 is 2. The highest BCUT2D eigenvalue weighted by atomic mass is 32.2. The first-order valence-electron chi connectivity index (χ1n) is 15.8. The van der Waals surface area contributed by atoms with E-state index < -0.39 is 40.8 Å². The van der Waals surface area contributed by atoms with E-state index in [4.69, 9.17) is 14.2 Å². The summed E-state index contributed by atoms with van der Waals surface area (Å²) in [7, 11) is 3.02. The summed E-state index contributed by atoms with van der Waals surface area (Å²) in [6, 6.07) is 24.7. The normalized spacial score (nSPS) is 18.1. The van der Waals surface area contributed by atoms with Gasteiger partial charge >= 0.3 is 10.8 Å². The molecule has 1 aromatic heterocycles. The smallest absolute Gasteiger partial charge is 0.338 e. The number of nitrogens with zero attached hydrogens (tertiary/aromatic N) is 2. The van der Waals surface area contributed by atoms with Crippen LogP contribution < -0.4 is 24.6 Å². The molecule has 0 unspecified atom stereocenters. The van der Waals surface area contributed by atoms with Crippen LogP contribution in [0.2, 0.25) is 0 Å². The first-order chi connectivity index (χ1) is 24.2. The molecule has 2 aliphatic rings. The van der Waals surface area contributed by atoms with Gasteiger partial charge in [0.15, 0.2) is 11.5 Å². The highest BCUT2D eigenvalue weighted by molar-refractivity contribution is 8.00. The number of thioether (sulfide) groups is 1. The Morgan fingerprint density at radius 1 is 0.840 bits per heavy atom. The summed E-state index contributed by atoms with van der Waals surface area (Å²) >= 11 is 2.07. The maximum Gasteiger partial charge on any atom is 0.338 e. The number of benzene rings is 4. The molecule has 1 N–H and O–H groups in total. The van der Waals surface area contributed by atoms with Crippen molar-refractivity contribution in [2.24, 2.45) is 5.92 Å². The molecule has 254 valence electrons. The second-order valence-corrected chi connectivity index (χ2v) is 13.8. The van der Waals surface area contributed by atoms with E-state index in [1.165, 1.54) is 43.1 Å². The van der Waals surface area contributed by atoms with Crippen molar-refractivity contribution in [1.29, 1.82) is 0 Å². The van der Waals surface area contributed by atoms with E-state index in [9.17, 15) is 24.0 Å². The van der Waals surface area contributed by atoms with E-state index in [2.05, 4.69) is 5.32 Å². The number of aromatic nitrogens is 1. The van der Waals surface area contributed by atoms with Gasteiger partial charge in [-0.2, -0.15) is 0 Å². The Bertz CT molecular complexity index is 2230. The van der Waals surface area contributed by atoms with Gasteiger partial charge in [0.2, 0.25) is 17.7 Å². The summed E-state index contributed by atoms with van der Waals surface area (Å²) in [5, 5.41) is 4.43. The molecule has 0 saturated carbocycles. The topological polar surface area (TPSA) is 133 Å². The number of hydrogen-bond acceptors (Lipinski definition) is 10. The van der Waals surface area contributed by atoms with Gasteiger partial charge in [0, 0.05) is 16.5 Å². The zero-order valence-electron chi connectivity index (χ0n) is 27.2. The molecular formula is C37H31N3O8S2. The molecule has 13 heteroatoms. The number of esters is 1. The van der Waals surface area contributed by atoms with Crippen LogP contribution in [-0.2, 0) is 25.7 Å². The molecule has 3 heterocycles. The predicted molar refractivity (Wildman–Crippen MR) is 191 cm³/mol. The predicted octanol–water partition coefficient (Wildman–Crippen LogP) is 5.69.